The number of benzene rings is 1. The molecule has 0 aliphatic rings. The zero-order valence-corrected chi connectivity index (χ0v) is 10.1. The van der Waals surface area contributed by atoms with Crippen LogP contribution in [0.1, 0.15) is 5.56 Å². The molecule has 80 valence electrons. The summed E-state index contributed by atoms with van der Waals surface area (Å²) in [5, 5.41) is 0. The third kappa shape index (κ3) is 2.78. The van der Waals surface area contributed by atoms with Gasteiger partial charge in [0, 0.05) is 0 Å². The second kappa shape index (κ2) is 4.30. The maximum atomic E-state index is 12.3. The van der Waals surface area contributed by atoms with Crippen LogP contribution >= 0.6 is 36.9 Å². The van der Waals surface area contributed by atoms with Crippen molar-refractivity contribution in [1.82, 2.24) is 0 Å². The van der Waals surface area contributed by atoms with Crippen molar-refractivity contribution in [3.63, 3.8) is 0 Å². The van der Waals surface area contributed by atoms with Crippen LogP contribution in [-0.2, 0) is 6.18 Å². The van der Waals surface area contributed by atoms with Crippen LogP contribution in [0, 0.1) is 3.57 Å². The topological polar surface area (TPSA) is 0 Å². The van der Waals surface area contributed by atoms with Gasteiger partial charge < -0.3 is 0 Å². The van der Waals surface area contributed by atoms with Crippen molar-refractivity contribution >= 4 is 36.9 Å². The van der Waals surface area contributed by atoms with Crippen molar-refractivity contribution in [2.75, 3.05) is 0 Å². The zero-order valence-electron chi connectivity index (χ0n) is 6.38. The van der Waals surface area contributed by atoms with Crippen molar-refractivity contribution in [3.8, 4) is 0 Å². The van der Waals surface area contributed by atoms with Crippen molar-refractivity contribution in [1.29, 1.82) is 0 Å². The summed E-state index contributed by atoms with van der Waals surface area (Å²) in [7, 11) is 0. The van der Waals surface area contributed by atoms with Crippen LogP contribution in [0.4, 0.5) is 18.9 Å². The van der Waals surface area contributed by atoms with E-state index < -0.39 is 36.3 Å². The monoisotopic (exact) mass is 388 g/mol. The molecule has 0 aromatic heterocycles. The first kappa shape index (κ1) is 12.2. The Hall–Kier alpha value is 0.0800. The number of hydrogen-bond donors (Lipinski definition) is 0. The number of rotatable bonds is 1. The minimum absolute atomic E-state index is 0.145. The molecule has 1 aromatic rings. The van der Waals surface area contributed by atoms with Gasteiger partial charge in [-0.1, -0.05) is 0 Å². The van der Waals surface area contributed by atoms with Gasteiger partial charge in [-0.05, 0) is 0 Å². The quantitative estimate of drug-likeness (QED) is 0.473. The van der Waals surface area contributed by atoms with E-state index in [-0.39, 0.29) is 4.47 Å². The summed E-state index contributed by atoms with van der Waals surface area (Å²) in [6, 6.07) is 2.70. The van der Waals surface area contributed by atoms with Crippen LogP contribution < -0.4 is 0 Å². The van der Waals surface area contributed by atoms with Crippen LogP contribution in [0.2, 0.25) is 0 Å². The van der Waals surface area contributed by atoms with Crippen LogP contribution in [0.25, 0.3) is 0 Å². The summed E-state index contributed by atoms with van der Waals surface area (Å²) in [5.74, 6) is 0. The molecule has 0 amide bonds. The first-order chi connectivity index (χ1) is 6.32. The Labute approximate surface area is 93.6 Å². The Morgan fingerprint density at radius 2 is 1.71 bits per heavy atom. The molecule has 0 unspecified atom stereocenters. The Morgan fingerprint density at radius 1 is 1.14 bits per heavy atom. The second-order valence-corrected chi connectivity index (χ2v) is 5.52. The summed E-state index contributed by atoms with van der Waals surface area (Å²) in [4.78, 5) is 0. The molecule has 0 aliphatic carbocycles. The normalized spacial score (nSPS) is 12.9. The van der Waals surface area contributed by atoms with Gasteiger partial charge in [-0.25, -0.2) is 0 Å². The third-order valence-corrected chi connectivity index (χ3v) is 3.70. The Balaban J connectivity index is 3.30. The third-order valence-electron chi connectivity index (χ3n) is 1.39. The van der Waals surface area contributed by atoms with Crippen molar-refractivity contribution in [3.05, 3.63) is 31.8 Å². The molecule has 0 nitrogen and oxygen atoms in total. The standard InChI is InChI=1S/C7H3BrF5I/c8-4-1-2-6(14(12)13)5(3-4)7(9,10)11/h1-3H. The predicted octanol–water partition coefficient (Wildman–Crippen LogP) is 4.91. The number of alkyl halides is 3. The molecule has 0 aliphatic heterocycles. The van der Waals surface area contributed by atoms with Crippen LogP contribution in [-0.4, -0.2) is 0 Å². The van der Waals surface area contributed by atoms with Crippen LogP contribution in [0.15, 0.2) is 22.7 Å². The molecule has 0 fully saturated rings. The van der Waals surface area contributed by atoms with Gasteiger partial charge in [-0.3, -0.25) is 0 Å². The molecule has 0 saturated heterocycles. The van der Waals surface area contributed by atoms with Gasteiger partial charge in [0.25, 0.3) is 0 Å². The fourth-order valence-electron chi connectivity index (χ4n) is 0.839. The second-order valence-electron chi connectivity index (χ2n) is 2.32. The van der Waals surface area contributed by atoms with Gasteiger partial charge in [-0.15, -0.1) is 0 Å². The summed E-state index contributed by atoms with van der Waals surface area (Å²) in [5.41, 5.74) is -1.23. The fourth-order valence-corrected chi connectivity index (χ4v) is 2.55. The predicted molar refractivity (Wildman–Crippen MR) is 54.1 cm³/mol. The van der Waals surface area contributed by atoms with Gasteiger partial charge >= 0.3 is 93.8 Å². The first-order valence-electron chi connectivity index (χ1n) is 3.22. The Kier molecular flexibility index (Phi) is 3.73. The van der Waals surface area contributed by atoms with E-state index >= 15 is 0 Å². The van der Waals surface area contributed by atoms with E-state index in [9.17, 15) is 18.9 Å². The van der Waals surface area contributed by atoms with Crippen molar-refractivity contribution < 1.29 is 18.9 Å². The van der Waals surface area contributed by atoms with Crippen LogP contribution in [0.5, 0.6) is 0 Å². The first-order valence-corrected chi connectivity index (χ1v) is 6.72. The van der Waals surface area contributed by atoms with Gasteiger partial charge in [0.2, 0.25) is 0 Å². The zero-order chi connectivity index (χ0) is 10.9. The molecule has 14 heavy (non-hydrogen) atoms. The number of halogens is 7. The number of hydrogen-bond acceptors (Lipinski definition) is 0. The molecule has 1 rings (SSSR count). The minimum atomic E-state index is -4.72. The molecular weight excluding hydrogens is 386 g/mol. The van der Waals surface area contributed by atoms with E-state index in [0.29, 0.717) is 6.07 Å². The summed E-state index contributed by atoms with van der Waals surface area (Å²) < 4.78 is 60.7. The van der Waals surface area contributed by atoms with E-state index in [1.165, 1.54) is 6.07 Å². The molecular formula is C7H3BrF5I. The summed E-state index contributed by atoms with van der Waals surface area (Å²) in [6.45, 7) is 0. The molecule has 7 heteroatoms. The van der Waals surface area contributed by atoms with E-state index in [4.69, 9.17) is 0 Å². The average Bonchev–Trinajstić information content (AvgIpc) is 2.01. The van der Waals surface area contributed by atoms with Crippen molar-refractivity contribution in [2.45, 2.75) is 6.18 Å². The van der Waals surface area contributed by atoms with E-state index in [2.05, 4.69) is 15.9 Å². The molecule has 1 aromatic carbocycles. The van der Waals surface area contributed by atoms with Gasteiger partial charge in [-0.2, -0.15) is 0 Å². The van der Waals surface area contributed by atoms with E-state index in [1.54, 1.807) is 0 Å². The molecule has 0 spiro atoms. The van der Waals surface area contributed by atoms with E-state index in [1.807, 2.05) is 0 Å². The van der Waals surface area contributed by atoms with Crippen molar-refractivity contribution in [2.24, 2.45) is 0 Å². The van der Waals surface area contributed by atoms with E-state index in [0.717, 1.165) is 6.07 Å². The maximum absolute atomic E-state index is 12.3. The molecule has 0 bridgehead atoms. The molecule has 0 heterocycles. The summed E-state index contributed by atoms with van der Waals surface area (Å²) in [6.07, 6.45) is -4.72. The van der Waals surface area contributed by atoms with Gasteiger partial charge in [0.15, 0.2) is 0 Å². The molecule has 0 N–H and O–H groups in total. The molecule has 0 saturated carbocycles. The average molecular weight is 389 g/mol. The van der Waals surface area contributed by atoms with Gasteiger partial charge in [0.1, 0.15) is 0 Å². The summed E-state index contributed by atoms with van der Waals surface area (Å²) >= 11 is -1.79. The molecule has 0 radical (unpaired) electrons. The Morgan fingerprint density at radius 3 is 2.14 bits per heavy atom. The molecule has 0 atom stereocenters. The SMILES string of the molecule is FI(F)c1ccc(Br)cc1C(F)(F)F. The van der Waals surface area contributed by atoms with Gasteiger partial charge in [0.05, 0.1) is 0 Å². The fraction of sp³-hybridized carbons (Fsp3) is 0.143. The van der Waals surface area contributed by atoms with Crippen LogP contribution in [0.3, 0.4) is 0 Å². The Bertz CT molecular complexity index is 335.